The molecular formula is C24H33N3O2. The molecule has 156 valence electrons. The van der Waals surface area contributed by atoms with Gasteiger partial charge in [-0.15, -0.1) is 10.2 Å². The van der Waals surface area contributed by atoms with E-state index in [0.717, 1.165) is 36.2 Å². The largest absolute Gasteiger partial charge is 0.497 e. The second kappa shape index (κ2) is 8.70. The molecule has 5 heteroatoms. The highest BCUT2D eigenvalue weighted by Gasteiger charge is 2.33. The normalized spacial score (nSPS) is 24.6. The van der Waals surface area contributed by atoms with Crippen molar-refractivity contribution in [3.05, 3.63) is 41.8 Å². The lowest BCUT2D eigenvalue weighted by Crippen LogP contribution is -2.35. The minimum atomic E-state index is 0.476. The van der Waals surface area contributed by atoms with Crippen LogP contribution in [0.15, 0.2) is 40.3 Å². The standard InChI is InChI=1S/C24H33N3O2/c1-15(2)22-12-18(16(3)11-19(22)14-25-20-7-8-20)13-23-26-27-24(29-23)17-5-9-21(28-4)10-6-17/h5-6,9-11,15,18-20,22,25H,7-8,12-14H2,1-4H3. The highest BCUT2D eigenvalue weighted by atomic mass is 16.5. The fraction of sp³-hybridized carbons (Fsp3) is 0.583. The molecule has 1 aromatic heterocycles. The van der Waals surface area contributed by atoms with Gasteiger partial charge >= 0.3 is 0 Å². The number of aromatic nitrogens is 2. The van der Waals surface area contributed by atoms with Crippen LogP contribution in [-0.2, 0) is 6.42 Å². The van der Waals surface area contributed by atoms with Gasteiger partial charge in [-0.05, 0) is 74.1 Å². The van der Waals surface area contributed by atoms with Crippen molar-refractivity contribution in [2.75, 3.05) is 13.7 Å². The van der Waals surface area contributed by atoms with Gasteiger partial charge in [0.15, 0.2) is 0 Å². The fourth-order valence-electron chi connectivity index (χ4n) is 4.50. The molecule has 2 aliphatic carbocycles. The van der Waals surface area contributed by atoms with E-state index in [1.54, 1.807) is 7.11 Å². The Morgan fingerprint density at radius 1 is 1.17 bits per heavy atom. The van der Waals surface area contributed by atoms with Gasteiger partial charge in [-0.1, -0.05) is 25.5 Å². The maximum Gasteiger partial charge on any atom is 0.247 e. The summed E-state index contributed by atoms with van der Waals surface area (Å²) < 4.78 is 11.2. The molecule has 5 nitrogen and oxygen atoms in total. The molecule has 0 saturated heterocycles. The summed E-state index contributed by atoms with van der Waals surface area (Å²) in [5.74, 6) is 4.59. The maximum atomic E-state index is 6.00. The smallest absolute Gasteiger partial charge is 0.247 e. The van der Waals surface area contributed by atoms with E-state index in [1.165, 1.54) is 24.8 Å². The van der Waals surface area contributed by atoms with Crippen LogP contribution in [0.25, 0.3) is 11.5 Å². The topological polar surface area (TPSA) is 60.2 Å². The molecule has 1 aromatic carbocycles. The molecule has 0 bridgehead atoms. The third-order valence-corrected chi connectivity index (χ3v) is 6.53. The van der Waals surface area contributed by atoms with Gasteiger partial charge in [0, 0.05) is 24.6 Å². The van der Waals surface area contributed by atoms with E-state index in [-0.39, 0.29) is 0 Å². The molecule has 4 rings (SSSR count). The highest BCUT2D eigenvalue weighted by Crippen LogP contribution is 2.39. The zero-order valence-electron chi connectivity index (χ0n) is 18.0. The molecule has 3 atom stereocenters. The van der Waals surface area contributed by atoms with Crippen molar-refractivity contribution >= 4 is 0 Å². The molecule has 0 amide bonds. The number of nitrogens with one attached hydrogen (secondary N) is 1. The number of nitrogens with zero attached hydrogens (tertiary/aromatic N) is 2. The molecular weight excluding hydrogens is 362 g/mol. The van der Waals surface area contributed by atoms with E-state index in [0.29, 0.717) is 29.6 Å². The molecule has 0 aliphatic heterocycles. The molecule has 1 heterocycles. The first-order valence-corrected chi connectivity index (χ1v) is 10.9. The lowest BCUT2D eigenvalue weighted by Gasteiger charge is -2.37. The van der Waals surface area contributed by atoms with Crippen LogP contribution in [0.1, 0.15) is 45.9 Å². The van der Waals surface area contributed by atoms with Crippen molar-refractivity contribution < 1.29 is 9.15 Å². The molecule has 1 fully saturated rings. The monoisotopic (exact) mass is 395 g/mol. The maximum absolute atomic E-state index is 6.00. The molecule has 0 radical (unpaired) electrons. The Hall–Kier alpha value is -2.14. The first-order valence-electron chi connectivity index (χ1n) is 10.9. The van der Waals surface area contributed by atoms with Crippen LogP contribution in [0.5, 0.6) is 5.75 Å². The summed E-state index contributed by atoms with van der Waals surface area (Å²) in [5.41, 5.74) is 2.39. The number of allylic oxidation sites excluding steroid dienone is 1. The highest BCUT2D eigenvalue weighted by molar-refractivity contribution is 5.53. The Morgan fingerprint density at radius 3 is 2.59 bits per heavy atom. The summed E-state index contributed by atoms with van der Waals surface area (Å²) in [7, 11) is 1.66. The number of methoxy groups -OCH3 is 1. The number of hydrogen-bond donors (Lipinski definition) is 1. The van der Waals surface area contributed by atoms with Crippen molar-refractivity contribution in [1.29, 1.82) is 0 Å². The summed E-state index contributed by atoms with van der Waals surface area (Å²) in [6, 6.07) is 8.50. The summed E-state index contributed by atoms with van der Waals surface area (Å²) in [5, 5.41) is 12.3. The minimum absolute atomic E-state index is 0.476. The zero-order valence-corrected chi connectivity index (χ0v) is 18.0. The average Bonchev–Trinajstić information content (AvgIpc) is 3.44. The minimum Gasteiger partial charge on any atom is -0.497 e. The van der Waals surface area contributed by atoms with Crippen LogP contribution in [0.3, 0.4) is 0 Å². The van der Waals surface area contributed by atoms with Gasteiger partial charge in [0.2, 0.25) is 11.8 Å². The van der Waals surface area contributed by atoms with Crippen LogP contribution in [0.2, 0.25) is 0 Å². The Labute approximate surface area is 173 Å². The summed E-state index contributed by atoms with van der Waals surface area (Å²) in [4.78, 5) is 0. The first-order chi connectivity index (χ1) is 14.0. The van der Waals surface area contributed by atoms with E-state index in [1.807, 2.05) is 24.3 Å². The number of hydrogen-bond acceptors (Lipinski definition) is 5. The van der Waals surface area contributed by atoms with Gasteiger partial charge in [-0.2, -0.15) is 0 Å². The molecule has 1 saturated carbocycles. The molecule has 2 aromatic rings. The van der Waals surface area contributed by atoms with Crippen molar-refractivity contribution in [2.24, 2.45) is 23.7 Å². The summed E-state index contributed by atoms with van der Waals surface area (Å²) in [6.07, 6.45) is 7.21. The predicted molar refractivity (Wildman–Crippen MR) is 115 cm³/mol. The number of benzene rings is 1. The van der Waals surface area contributed by atoms with Gasteiger partial charge in [0.25, 0.3) is 0 Å². The summed E-state index contributed by atoms with van der Waals surface area (Å²) in [6.45, 7) is 8.09. The Kier molecular flexibility index (Phi) is 6.04. The molecule has 29 heavy (non-hydrogen) atoms. The lowest BCUT2D eigenvalue weighted by molar-refractivity contribution is 0.218. The molecule has 1 N–H and O–H groups in total. The van der Waals surface area contributed by atoms with Gasteiger partial charge in [-0.3, -0.25) is 0 Å². The van der Waals surface area contributed by atoms with E-state index in [9.17, 15) is 0 Å². The van der Waals surface area contributed by atoms with Crippen LogP contribution in [-0.4, -0.2) is 29.9 Å². The van der Waals surface area contributed by atoms with Crippen molar-refractivity contribution in [3.8, 4) is 17.2 Å². The Balaban J connectivity index is 1.44. The first kappa shape index (κ1) is 20.1. The number of ether oxygens (including phenoxy) is 1. The van der Waals surface area contributed by atoms with E-state index in [2.05, 4.69) is 42.4 Å². The average molecular weight is 396 g/mol. The van der Waals surface area contributed by atoms with Crippen LogP contribution >= 0.6 is 0 Å². The SMILES string of the molecule is COc1ccc(-c2nnc(CC3CC(C(C)C)C(CNC4CC4)C=C3C)o2)cc1. The molecule has 3 unspecified atom stereocenters. The van der Waals surface area contributed by atoms with Crippen molar-refractivity contribution in [2.45, 2.75) is 52.5 Å². The van der Waals surface area contributed by atoms with E-state index < -0.39 is 0 Å². The number of rotatable bonds is 8. The second-order valence-electron chi connectivity index (χ2n) is 9.03. The lowest BCUT2D eigenvalue weighted by atomic mass is 9.70. The third kappa shape index (κ3) is 4.89. The van der Waals surface area contributed by atoms with Crippen molar-refractivity contribution in [3.63, 3.8) is 0 Å². The quantitative estimate of drug-likeness (QED) is 0.645. The van der Waals surface area contributed by atoms with E-state index in [4.69, 9.17) is 9.15 Å². The Morgan fingerprint density at radius 2 is 1.93 bits per heavy atom. The Bertz CT molecular complexity index is 836. The van der Waals surface area contributed by atoms with Gasteiger partial charge in [0.05, 0.1) is 7.11 Å². The van der Waals surface area contributed by atoms with E-state index >= 15 is 0 Å². The second-order valence-corrected chi connectivity index (χ2v) is 9.03. The van der Waals surface area contributed by atoms with Gasteiger partial charge in [0.1, 0.15) is 5.75 Å². The fourth-order valence-corrected chi connectivity index (χ4v) is 4.50. The molecule has 0 spiro atoms. The molecule has 2 aliphatic rings. The third-order valence-electron chi connectivity index (χ3n) is 6.53. The van der Waals surface area contributed by atoms with Crippen LogP contribution in [0, 0.1) is 23.7 Å². The van der Waals surface area contributed by atoms with Gasteiger partial charge < -0.3 is 14.5 Å². The van der Waals surface area contributed by atoms with Crippen molar-refractivity contribution in [1.82, 2.24) is 15.5 Å². The summed E-state index contributed by atoms with van der Waals surface area (Å²) >= 11 is 0. The van der Waals surface area contributed by atoms with Crippen LogP contribution in [0.4, 0.5) is 0 Å². The van der Waals surface area contributed by atoms with Gasteiger partial charge in [-0.25, -0.2) is 0 Å². The predicted octanol–water partition coefficient (Wildman–Crippen LogP) is 4.89. The zero-order chi connectivity index (χ0) is 20.4. The van der Waals surface area contributed by atoms with Crippen LogP contribution < -0.4 is 10.1 Å².